The van der Waals surface area contributed by atoms with Crippen LogP contribution in [0.5, 0.6) is 5.75 Å². The molecule has 0 aliphatic heterocycles. The molecule has 0 spiro atoms. The molecule has 0 radical (unpaired) electrons. The van der Waals surface area contributed by atoms with Crippen molar-refractivity contribution in [3.05, 3.63) is 32.8 Å². The van der Waals surface area contributed by atoms with Crippen LogP contribution >= 0.6 is 15.9 Å². The van der Waals surface area contributed by atoms with Crippen LogP contribution in [0.1, 0.15) is 6.92 Å². The van der Waals surface area contributed by atoms with Crippen molar-refractivity contribution in [3.63, 3.8) is 0 Å². The summed E-state index contributed by atoms with van der Waals surface area (Å²) in [6, 6.07) is 4.70. The van der Waals surface area contributed by atoms with E-state index in [1.807, 2.05) is 6.92 Å². The van der Waals surface area contributed by atoms with Crippen LogP contribution in [0.15, 0.2) is 22.7 Å². The first-order chi connectivity index (χ1) is 6.16. The highest BCUT2D eigenvalue weighted by Gasteiger charge is 2.14. The molecular formula is C8H8BrNO3. The molecule has 0 heterocycles. The predicted octanol–water partition coefficient (Wildman–Crippen LogP) is 2.76. The highest BCUT2D eigenvalue weighted by Crippen LogP contribution is 2.33. The summed E-state index contributed by atoms with van der Waals surface area (Å²) in [6.07, 6.45) is 0. The molecule has 0 aromatic heterocycles. The molecule has 13 heavy (non-hydrogen) atoms. The van der Waals surface area contributed by atoms with E-state index in [-0.39, 0.29) is 5.69 Å². The molecule has 4 nitrogen and oxygen atoms in total. The fourth-order valence-corrected chi connectivity index (χ4v) is 1.43. The van der Waals surface area contributed by atoms with Gasteiger partial charge in [0.2, 0.25) is 0 Å². The van der Waals surface area contributed by atoms with Gasteiger partial charge in [0.05, 0.1) is 11.5 Å². The van der Waals surface area contributed by atoms with Crippen LogP contribution in [0.4, 0.5) is 5.69 Å². The number of hydrogen-bond donors (Lipinski definition) is 0. The second-order valence-electron chi connectivity index (χ2n) is 2.28. The van der Waals surface area contributed by atoms with Crippen LogP contribution < -0.4 is 4.74 Å². The van der Waals surface area contributed by atoms with Crippen LogP contribution in [-0.4, -0.2) is 11.5 Å². The van der Waals surface area contributed by atoms with E-state index < -0.39 is 4.92 Å². The average Bonchev–Trinajstić information content (AvgIpc) is 2.08. The van der Waals surface area contributed by atoms with E-state index in [0.717, 1.165) is 0 Å². The van der Waals surface area contributed by atoms with E-state index in [0.29, 0.717) is 16.8 Å². The van der Waals surface area contributed by atoms with Gasteiger partial charge in [0.15, 0.2) is 0 Å². The molecule has 0 atom stereocenters. The number of halogens is 1. The van der Waals surface area contributed by atoms with Gasteiger partial charge in [0, 0.05) is 6.07 Å². The summed E-state index contributed by atoms with van der Waals surface area (Å²) in [5.41, 5.74) is 0.0194. The van der Waals surface area contributed by atoms with Crippen LogP contribution in [0.25, 0.3) is 0 Å². The van der Waals surface area contributed by atoms with E-state index in [9.17, 15) is 10.1 Å². The van der Waals surface area contributed by atoms with Crippen LogP contribution in [0.3, 0.4) is 0 Å². The summed E-state index contributed by atoms with van der Waals surface area (Å²) >= 11 is 3.12. The van der Waals surface area contributed by atoms with Gasteiger partial charge in [-0.25, -0.2) is 0 Å². The molecule has 0 bridgehead atoms. The Morgan fingerprint density at radius 3 is 2.85 bits per heavy atom. The summed E-state index contributed by atoms with van der Waals surface area (Å²) in [5, 5.41) is 10.5. The lowest BCUT2D eigenvalue weighted by Gasteiger charge is -2.04. The molecule has 5 heteroatoms. The number of rotatable bonds is 3. The van der Waals surface area contributed by atoms with E-state index >= 15 is 0 Å². The summed E-state index contributed by atoms with van der Waals surface area (Å²) < 4.78 is 5.57. The number of nitro benzene ring substituents is 1. The third kappa shape index (κ3) is 2.18. The Labute approximate surface area is 83.8 Å². The zero-order valence-electron chi connectivity index (χ0n) is 6.99. The summed E-state index contributed by atoms with van der Waals surface area (Å²) in [5.74, 6) is 0.497. The van der Waals surface area contributed by atoms with Crippen molar-refractivity contribution in [2.24, 2.45) is 0 Å². The second kappa shape index (κ2) is 4.23. The first-order valence-electron chi connectivity index (χ1n) is 3.72. The molecule has 0 fully saturated rings. The molecule has 0 amide bonds. The standard InChI is InChI=1S/C8H8BrNO3/c1-2-13-7-5-3-4-6(8(7)9)10(11)12/h3-5H,2H2,1H3. The van der Waals surface area contributed by atoms with E-state index in [1.54, 1.807) is 12.1 Å². The van der Waals surface area contributed by atoms with Gasteiger partial charge in [-0.1, -0.05) is 6.07 Å². The maximum atomic E-state index is 10.5. The summed E-state index contributed by atoms with van der Waals surface area (Å²) in [4.78, 5) is 10.0. The Balaban J connectivity index is 3.10. The predicted molar refractivity (Wildman–Crippen MR) is 52.0 cm³/mol. The lowest BCUT2D eigenvalue weighted by Crippen LogP contribution is -1.95. The van der Waals surface area contributed by atoms with Gasteiger partial charge in [-0.2, -0.15) is 0 Å². The SMILES string of the molecule is CCOc1cccc([N+](=O)[O-])c1Br. The first-order valence-corrected chi connectivity index (χ1v) is 4.51. The minimum absolute atomic E-state index is 0.0194. The molecule has 1 aromatic rings. The van der Waals surface area contributed by atoms with Gasteiger partial charge >= 0.3 is 0 Å². The zero-order valence-corrected chi connectivity index (χ0v) is 8.58. The van der Waals surface area contributed by atoms with Crippen LogP contribution in [0, 0.1) is 10.1 Å². The minimum atomic E-state index is -0.452. The molecule has 0 aliphatic carbocycles. The molecule has 0 unspecified atom stereocenters. The van der Waals surface area contributed by atoms with Crippen molar-refractivity contribution in [1.29, 1.82) is 0 Å². The van der Waals surface area contributed by atoms with Crippen molar-refractivity contribution in [2.75, 3.05) is 6.61 Å². The van der Waals surface area contributed by atoms with Crippen molar-refractivity contribution >= 4 is 21.6 Å². The Hall–Kier alpha value is -1.10. The number of benzene rings is 1. The Bertz CT molecular complexity index is 327. The van der Waals surface area contributed by atoms with Gasteiger partial charge < -0.3 is 4.74 Å². The molecule has 70 valence electrons. The van der Waals surface area contributed by atoms with Crippen molar-refractivity contribution < 1.29 is 9.66 Å². The molecule has 1 aromatic carbocycles. The van der Waals surface area contributed by atoms with E-state index in [2.05, 4.69) is 15.9 Å². The smallest absolute Gasteiger partial charge is 0.287 e. The molecule has 1 rings (SSSR count). The molecule has 0 saturated heterocycles. The quantitative estimate of drug-likeness (QED) is 0.608. The van der Waals surface area contributed by atoms with Crippen molar-refractivity contribution in [1.82, 2.24) is 0 Å². The number of ether oxygens (including phenoxy) is 1. The van der Waals surface area contributed by atoms with Crippen LogP contribution in [-0.2, 0) is 0 Å². The molecular weight excluding hydrogens is 238 g/mol. The van der Waals surface area contributed by atoms with Gasteiger partial charge in [-0.3, -0.25) is 10.1 Å². The fourth-order valence-electron chi connectivity index (χ4n) is 0.907. The lowest BCUT2D eigenvalue weighted by atomic mass is 10.3. The highest BCUT2D eigenvalue weighted by molar-refractivity contribution is 9.10. The fraction of sp³-hybridized carbons (Fsp3) is 0.250. The monoisotopic (exact) mass is 245 g/mol. The largest absolute Gasteiger partial charge is 0.492 e. The average molecular weight is 246 g/mol. The molecule has 0 N–H and O–H groups in total. The van der Waals surface area contributed by atoms with Crippen LogP contribution in [0.2, 0.25) is 0 Å². The number of nitro groups is 1. The summed E-state index contributed by atoms with van der Waals surface area (Å²) in [6.45, 7) is 2.31. The number of nitrogens with zero attached hydrogens (tertiary/aromatic N) is 1. The van der Waals surface area contributed by atoms with E-state index in [4.69, 9.17) is 4.74 Å². The normalized spacial score (nSPS) is 9.69. The first kappa shape index (κ1) is 9.98. The Kier molecular flexibility index (Phi) is 3.25. The zero-order chi connectivity index (χ0) is 9.84. The highest BCUT2D eigenvalue weighted by atomic mass is 79.9. The van der Waals surface area contributed by atoms with Crippen molar-refractivity contribution in [3.8, 4) is 5.75 Å². The second-order valence-corrected chi connectivity index (χ2v) is 3.07. The molecule has 0 saturated carbocycles. The number of hydrogen-bond acceptors (Lipinski definition) is 3. The lowest BCUT2D eigenvalue weighted by molar-refractivity contribution is -0.385. The van der Waals surface area contributed by atoms with Gasteiger partial charge in [0.1, 0.15) is 10.2 Å². The topological polar surface area (TPSA) is 52.4 Å². The molecule has 0 aliphatic rings. The Morgan fingerprint density at radius 1 is 1.62 bits per heavy atom. The van der Waals surface area contributed by atoms with Gasteiger partial charge in [0.25, 0.3) is 5.69 Å². The van der Waals surface area contributed by atoms with Gasteiger partial charge in [-0.15, -0.1) is 0 Å². The summed E-state index contributed by atoms with van der Waals surface area (Å²) in [7, 11) is 0. The minimum Gasteiger partial charge on any atom is -0.492 e. The van der Waals surface area contributed by atoms with Gasteiger partial charge in [-0.05, 0) is 28.9 Å². The maximum Gasteiger partial charge on any atom is 0.287 e. The third-order valence-corrected chi connectivity index (χ3v) is 2.24. The third-order valence-electron chi connectivity index (χ3n) is 1.44. The Morgan fingerprint density at radius 2 is 2.31 bits per heavy atom. The van der Waals surface area contributed by atoms with E-state index in [1.165, 1.54) is 6.07 Å². The maximum absolute atomic E-state index is 10.5. The van der Waals surface area contributed by atoms with Crippen molar-refractivity contribution in [2.45, 2.75) is 6.92 Å².